The molecule has 0 unspecified atom stereocenters. The van der Waals surface area contributed by atoms with E-state index in [0.29, 0.717) is 12.2 Å². The molecule has 0 fully saturated rings. The van der Waals surface area contributed by atoms with E-state index in [1.165, 1.54) is 0 Å². The van der Waals surface area contributed by atoms with Gasteiger partial charge in [0.15, 0.2) is 0 Å². The molecule has 0 aliphatic carbocycles. The third kappa shape index (κ3) is 6.03. The van der Waals surface area contributed by atoms with E-state index in [2.05, 4.69) is 20.5 Å². The molecular formula is C22H23N5O2. The Balaban J connectivity index is 1.60. The van der Waals surface area contributed by atoms with Gasteiger partial charge in [0.1, 0.15) is 0 Å². The first-order valence-corrected chi connectivity index (χ1v) is 9.23. The molecule has 0 saturated heterocycles. The second-order valence-corrected chi connectivity index (χ2v) is 6.40. The van der Waals surface area contributed by atoms with Crippen molar-refractivity contribution >= 4 is 28.4 Å². The topological polar surface area (TPSA) is 93.1 Å². The number of hydrogen-bond acceptors (Lipinski definition) is 7. The Labute approximate surface area is 169 Å². The van der Waals surface area contributed by atoms with Gasteiger partial charge in [-0.15, -0.1) is 0 Å². The van der Waals surface area contributed by atoms with Gasteiger partial charge in [-0.3, -0.25) is 0 Å². The van der Waals surface area contributed by atoms with Crippen LogP contribution in [0.5, 0.6) is 0 Å². The minimum atomic E-state index is 0.0122. The summed E-state index contributed by atoms with van der Waals surface area (Å²) in [5.74, 6) is 0. The maximum Gasteiger partial charge on any atom is 0.0858 e. The van der Waals surface area contributed by atoms with Gasteiger partial charge >= 0.3 is 0 Å². The number of aliphatic hydroxyl groups excluding tert-OH is 2. The molecule has 0 aliphatic rings. The molecule has 0 heterocycles. The number of anilines is 1. The average Bonchev–Trinajstić information content (AvgIpc) is 2.78. The van der Waals surface area contributed by atoms with E-state index in [9.17, 15) is 0 Å². The molecule has 0 aromatic heterocycles. The maximum absolute atomic E-state index is 9.05. The van der Waals surface area contributed by atoms with Crippen molar-refractivity contribution in [1.29, 1.82) is 0 Å². The minimum Gasteiger partial charge on any atom is -0.395 e. The smallest absolute Gasteiger partial charge is 0.0858 e. The molecule has 0 spiro atoms. The molecule has 0 radical (unpaired) electrons. The maximum atomic E-state index is 9.05. The van der Waals surface area contributed by atoms with Crippen LogP contribution in [0.4, 0.5) is 28.4 Å². The number of rotatable bonds is 8. The lowest BCUT2D eigenvalue weighted by Crippen LogP contribution is -2.20. The highest BCUT2D eigenvalue weighted by atomic mass is 16.3. The lowest BCUT2D eigenvalue weighted by atomic mass is 10.2. The molecule has 0 bridgehead atoms. The van der Waals surface area contributed by atoms with Crippen molar-refractivity contribution in [2.75, 3.05) is 25.1 Å². The Bertz CT molecular complexity index is 952. The number of likely N-dealkylation sites (N-methyl/N-ethyl adjacent to an activating group) is 1. The van der Waals surface area contributed by atoms with Crippen LogP contribution in [0, 0.1) is 0 Å². The van der Waals surface area contributed by atoms with E-state index in [1.54, 1.807) is 0 Å². The zero-order valence-corrected chi connectivity index (χ0v) is 16.2. The number of aliphatic hydroxyl groups is 2. The molecule has 3 aromatic rings. The van der Waals surface area contributed by atoms with Gasteiger partial charge in [0, 0.05) is 19.3 Å². The molecule has 0 amide bonds. The second kappa shape index (κ2) is 10.2. The SMILES string of the molecule is CN(CCO)c1ccc(N=Nc2ccc(N=Nc3ccc(CO)cc3)cc2)cc1. The van der Waals surface area contributed by atoms with E-state index in [0.717, 1.165) is 28.3 Å². The van der Waals surface area contributed by atoms with E-state index < -0.39 is 0 Å². The third-order valence-electron chi connectivity index (χ3n) is 4.26. The quantitative estimate of drug-likeness (QED) is 0.502. The summed E-state index contributed by atoms with van der Waals surface area (Å²) < 4.78 is 0. The van der Waals surface area contributed by atoms with E-state index in [4.69, 9.17) is 10.2 Å². The van der Waals surface area contributed by atoms with Crippen LogP contribution in [-0.2, 0) is 6.61 Å². The Hall–Kier alpha value is -3.42. The van der Waals surface area contributed by atoms with Crippen molar-refractivity contribution in [1.82, 2.24) is 0 Å². The van der Waals surface area contributed by atoms with Gasteiger partial charge in [-0.05, 0) is 66.2 Å². The highest BCUT2D eigenvalue weighted by molar-refractivity contribution is 5.53. The molecule has 2 N–H and O–H groups in total. The normalized spacial score (nSPS) is 11.4. The van der Waals surface area contributed by atoms with Crippen molar-refractivity contribution < 1.29 is 10.2 Å². The van der Waals surface area contributed by atoms with Gasteiger partial charge in [0.2, 0.25) is 0 Å². The van der Waals surface area contributed by atoms with Crippen molar-refractivity contribution in [2.45, 2.75) is 6.61 Å². The minimum absolute atomic E-state index is 0.0122. The summed E-state index contributed by atoms with van der Waals surface area (Å²) in [4.78, 5) is 1.97. The van der Waals surface area contributed by atoms with Crippen LogP contribution >= 0.6 is 0 Å². The monoisotopic (exact) mass is 389 g/mol. The van der Waals surface area contributed by atoms with Gasteiger partial charge in [-0.1, -0.05) is 12.1 Å². The highest BCUT2D eigenvalue weighted by Gasteiger charge is 2.00. The fourth-order valence-electron chi connectivity index (χ4n) is 2.54. The van der Waals surface area contributed by atoms with Gasteiger partial charge < -0.3 is 15.1 Å². The summed E-state index contributed by atoms with van der Waals surface area (Å²) in [6, 6.07) is 22.2. The van der Waals surface area contributed by atoms with E-state index >= 15 is 0 Å². The fraction of sp³-hybridized carbons (Fsp3) is 0.182. The fourth-order valence-corrected chi connectivity index (χ4v) is 2.54. The predicted molar refractivity (Wildman–Crippen MR) is 114 cm³/mol. The Kier molecular flexibility index (Phi) is 7.16. The summed E-state index contributed by atoms with van der Waals surface area (Å²) in [7, 11) is 1.93. The molecular weight excluding hydrogens is 366 g/mol. The Morgan fingerprint density at radius 3 is 1.38 bits per heavy atom. The van der Waals surface area contributed by atoms with Crippen LogP contribution in [0.1, 0.15) is 5.56 Å². The zero-order valence-electron chi connectivity index (χ0n) is 16.2. The Morgan fingerprint density at radius 2 is 1.00 bits per heavy atom. The van der Waals surface area contributed by atoms with Crippen molar-refractivity contribution in [3.05, 3.63) is 78.4 Å². The Morgan fingerprint density at radius 1 is 0.621 bits per heavy atom. The van der Waals surface area contributed by atoms with Crippen LogP contribution in [0.3, 0.4) is 0 Å². The standard InChI is InChI=1S/C22H23N5O2/c1-27(14-15-28)22-12-10-21(11-13-22)26-25-20-8-6-19(7-9-20)24-23-18-4-2-17(16-29)3-5-18/h2-13,28-29H,14-16H2,1H3. The van der Waals surface area contributed by atoms with Crippen molar-refractivity contribution in [3.63, 3.8) is 0 Å². The molecule has 3 rings (SSSR count). The number of azo groups is 2. The predicted octanol–water partition coefficient (Wildman–Crippen LogP) is 5.44. The van der Waals surface area contributed by atoms with E-state index in [1.807, 2.05) is 84.7 Å². The molecule has 0 aliphatic heterocycles. The van der Waals surface area contributed by atoms with E-state index in [-0.39, 0.29) is 13.2 Å². The average molecular weight is 389 g/mol. The highest BCUT2D eigenvalue weighted by Crippen LogP contribution is 2.24. The molecule has 29 heavy (non-hydrogen) atoms. The number of nitrogens with zero attached hydrogens (tertiary/aromatic N) is 5. The van der Waals surface area contributed by atoms with Crippen molar-refractivity contribution in [2.24, 2.45) is 20.5 Å². The summed E-state index contributed by atoms with van der Waals surface area (Å²) in [6.45, 7) is 0.709. The van der Waals surface area contributed by atoms with Gasteiger partial charge in [0.05, 0.1) is 36.0 Å². The summed E-state index contributed by atoms with van der Waals surface area (Å²) in [6.07, 6.45) is 0. The van der Waals surface area contributed by atoms with Gasteiger partial charge in [-0.2, -0.15) is 20.5 Å². The van der Waals surface area contributed by atoms with Crippen LogP contribution in [-0.4, -0.2) is 30.4 Å². The largest absolute Gasteiger partial charge is 0.395 e. The lowest BCUT2D eigenvalue weighted by Gasteiger charge is -2.17. The van der Waals surface area contributed by atoms with Crippen LogP contribution in [0.2, 0.25) is 0 Å². The lowest BCUT2D eigenvalue weighted by molar-refractivity contribution is 0.282. The molecule has 3 aromatic carbocycles. The second-order valence-electron chi connectivity index (χ2n) is 6.40. The van der Waals surface area contributed by atoms with Gasteiger partial charge in [-0.25, -0.2) is 0 Å². The van der Waals surface area contributed by atoms with Crippen LogP contribution in [0.25, 0.3) is 0 Å². The molecule has 0 saturated carbocycles. The first-order valence-electron chi connectivity index (χ1n) is 9.23. The van der Waals surface area contributed by atoms with Gasteiger partial charge in [0.25, 0.3) is 0 Å². The molecule has 7 nitrogen and oxygen atoms in total. The van der Waals surface area contributed by atoms with Crippen LogP contribution < -0.4 is 4.90 Å². The molecule has 7 heteroatoms. The zero-order chi connectivity index (χ0) is 20.5. The molecule has 148 valence electrons. The first-order chi connectivity index (χ1) is 14.2. The van der Waals surface area contributed by atoms with Crippen molar-refractivity contribution in [3.8, 4) is 0 Å². The summed E-state index contributed by atoms with van der Waals surface area (Å²) in [5, 5.41) is 34.9. The first kappa shape index (κ1) is 20.3. The molecule has 0 atom stereocenters. The number of benzene rings is 3. The summed E-state index contributed by atoms with van der Waals surface area (Å²) in [5.41, 5.74) is 4.76. The van der Waals surface area contributed by atoms with Crippen LogP contribution in [0.15, 0.2) is 93.3 Å². The summed E-state index contributed by atoms with van der Waals surface area (Å²) >= 11 is 0. The number of hydrogen-bond donors (Lipinski definition) is 2. The third-order valence-corrected chi connectivity index (χ3v) is 4.26.